The van der Waals surface area contributed by atoms with Crippen molar-refractivity contribution in [1.29, 1.82) is 0 Å². The number of nitrogens with zero attached hydrogens (tertiary/aromatic N) is 2. The van der Waals surface area contributed by atoms with Gasteiger partial charge in [0.15, 0.2) is 0 Å². The topological polar surface area (TPSA) is 60.9 Å². The number of hydrogen-bond donors (Lipinski definition) is 1. The van der Waals surface area contributed by atoms with Crippen molar-refractivity contribution >= 4 is 17.5 Å². The lowest BCUT2D eigenvalue weighted by molar-refractivity contribution is -0.116. The van der Waals surface area contributed by atoms with Crippen LogP contribution in [0.3, 0.4) is 0 Å². The number of para-hydroxylation sites is 1. The van der Waals surface area contributed by atoms with Crippen LogP contribution in [0.1, 0.15) is 31.1 Å². The quantitative estimate of drug-likeness (QED) is 0.908. The molecule has 0 aliphatic carbocycles. The first-order valence-electron chi connectivity index (χ1n) is 6.44. The van der Waals surface area contributed by atoms with Crippen LogP contribution in [0.2, 0.25) is 0 Å². The fourth-order valence-corrected chi connectivity index (χ4v) is 1.97. The first-order valence-corrected chi connectivity index (χ1v) is 6.44. The third kappa shape index (κ3) is 4.06. The molecule has 5 nitrogen and oxygen atoms in total. The molecule has 0 saturated heterocycles. The lowest BCUT2D eigenvalue weighted by Crippen LogP contribution is -2.40. The largest absolute Gasteiger partial charge is 0.389 e. The average Bonchev–Trinajstić information content (AvgIpc) is 2.34. The van der Waals surface area contributed by atoms with Gasteiger partial charge in [-0.05, 0) is 26.0 Å². The van der Waals surface area contributed by atoms with Gasteiger partial charge >= 0.3 is 0 Å². The molecule has 0 aliphatic heterocycles. The van der Waals surface area contributed by atoms with Crippen molar-refractivity contribution in [2.75, 3.05) is 25.5 Å². The van der Waals surface area contributed by atoms with Gasteiger partial charge in [-0.3, -0.25) is 9.59 Å². The molecule has 0 saturated carbocycles. The second-order valence-corrected chi connectivity index (χ2v) is 5.57. The zero-order valence-corrected chi connectivity index (χ0v) is 12.7. The molecule has 0 aliphatic rings. The van der Waals surface area contributed by atoms with E-state index in [0.29, 0.717) is 11.3 Å². The van der Waals surface area contributed by atoms with Crippen molar-refractivity contribution < 1.29 is 14.7 Å². The minimum atomic E-state index is -0.966. The van der Waals surface area contributed by atoms with Gasteiger partial charge in [0.25, 0.3) is 5.91 Å². The molecule has 1 aromatic rings. The molecule has 0 radical (unpaired) electrons. The average molecular weight is 278 g/mol. The highest BCUT2D eigenvalue weighted by Gasteiger charge is 2.23. The molecule has 110 valence electrons. The minimum absolute atomic E-state index is 0.143. The van der Waals surface area contributed by atoms with Gasteiger partial charge < -0.3 is 14.9 Å². The first-order chi connectivity index (χ1) is 9.13. The highest BCUT2D eigenvalue weighted by atomic mass is 16.3. The Morgan fingerprint density at radius 1 is 1.20 bits per heavy atom. The SMILES string of the molecule is CC(=O)N(C)c1ccccc1C(=O)N(C)CC(C)(C)O. The van der Waals surface area contributed by atoms with Crippen molar-refractivity contribution in [3.63, 3.8) is 0 Å². The number of likely N-dealkylation sites (N-methyl/N-ethyl adjacent to an activating group) is 1. The van der Waals surface area contributed by atoms with Gasteiger partial charge in [0, 0.05) is 27.6 Å². The van der Waals surface area contributed by atoms with Crippen molar-refractivity contribution in [3.8, 4) is 0 Å². The van der Waals surface area contributed by atoms with Crippen LogP contribution >= 0.6 is 0 Å². The van der Waals surface area contributed by atoms with Gasteiger partial charge in [-0.15, -0.1) is 0 Å². The summed E-state index contributed by atoms with van der Waals surface area (Å²) >= 11 is 0. The molecule has 1 N–H and O–H groups in total. The van der Waals surface area contributed by atoms with Crippen LogP contribution in [-0.4, -0.2) is 48.1 Å². The van der Waals surface area contributed by atoms with Gasteiger partial charge in [-0.1, -0.05) is 12.1 Å². The molecule has 0 heterocycles. The van der Waals surface area contributed by atoms with E-state index in [1.807, 2.05) is 0 Å². The molecular formula is C15H22N2O3. The van der Waals surface area contributed by atoms with Gasteiger partial charge in [-0.25, -0.2) is 0 Å². The van der Waals surface area contributed by atoms with Crippen LogP contribution in [0, 0.1) is 0 Å². The molecule has 5 heteroatoms. The maximum atomic E-state index is 12.4. The van der Waals surface area contributed by atoms with E-state index in [0.717, 1.165) is 0 Å². The molecule has 0 spiro atoms. The zero-order chi connectivity index (χ0) is 15.5. The van der Waals surface area contributed by atoms with Gasteiger partial charge in [0.1, 0.15) is 0 Å². The number of benzene rings is 1. The van der Waals surface area contributed by atoms with Crippen LogP contribution < -0.4 is 4.90 Å². The molecule has 0 aromatic heterocycles. The van der Waals surface area contributed by atoms with E-state index in [2.05, 4.69) is 0 Å². The Hall–Kier alpha value is -1.88. The number of carbonyl (C=O) groups is 2. The second kappa shape index (κ2) is 6.05. The summed E-state index contributed by atoms with van der Waals surface area (Å²) in [6.45, 7) is 4.94. The van der Waals surface area contributed by atoms with Crippen molar-refractivity contribution in [2.45, 2.75) is 26.4 Å². The summed E-state index contributed by atoms with van der Waals surface area (Å²) in [5, 5.41) is 9.79. The smallest absolute Gasteiger partial charge is 0.255 e. The summed E-state index contributed by atoms with van der Waals surface area (Å²) in [4.78, 5) is 26.8. The third-order valence-corrected chi connectivity index (χ3v) is 2.94. The van der Waals surface area contributed by atoms with Gasteiger partial charge in [0.05, 0.1) is 16.9 Å². The summed E-state index contributed by atoms with van der Waals surface area (Å²) in [6.07, 6.45) is 0. The van der Waals surface area contributed by atoms with Crippen LogP contribution in [0.5, 0.6) is 0 Å². The van der Waals surface area contributed by atoms with E-state index in [1.165, 1.54) is 16.7 Å². The Morgan fingerprint density at radius 3 is 2.25 bits per heavy atom. The van der Waals surface area contributed by atoms with Crippen molar-refractivity contribution in [2.24, 2.45) is 0 Å². The summed E-state index contributed by atoms with van der Waals surface area (Å²) in [6, 6.07) is 6.94. The maximum Gasteiger partial charge on any atom is 0.255 e. The molecule has 0 atom stereocenters. The van der Waals surface area contributed by atoms with Crippen LogP contribution in [0.15, 0.2) is 24.3 Å². The third-order valence-electron chi connectivity index (χ3n) is 2.94. The van der Waals surface area contributed by atoms with Crippen LogP contribution in [-0.2, 0) is 4.79 Å². The normalized spacial score (nSPS) is 11.1. The molecule has 0 unspecified atom stereocenters. The maximum absolute atomic E-state index is 12.4. The highest BCUT2D eigenvalue weighted by Crippen LogP contribution is 2.21. The van der Waals surface area contributed by atoms with E-state index >= 15 is 0 Å². The number of anilines is 1. The Bertz CT molecular complexity index is 506. The van der Waals surface area contributed by atoms with E-state index < -0.39 is 5.60 Å². The van der Waals surface area contributed by atoms with E-state index in [4.69, 9.17) is 0 Å². The number of aliphatic hydroxyl groups is 1. The monoisotopic (exact) mass is 278 g/mol. The lowest BCUT2D eigenvalue weighted by atomic mass is 10.1. The second-order valence-electron chi connectivity index (χ2n) is 5.57. The minimum Gasteiger partial charge on any atom is -0.389 e. The van der Waals surface area contributed by atoms with Gasteiger partial charge in [0.2, 0.25) is 5.91 Å². The number of rotatable bonds is 4. The summed E-state index contributed by atoms with van der Waals surface area (Å²) in [5.74, 6) is -0.369. The first kappa shape index (κ1) is 16.2. The Kier molecular flexibility index (Phi) is 4.89. The molecule has 20 heavy (non-hydrogen) atoms. The van der Waals surface area contributed by atoms with Crippen molar-refractivity contribution in [3.05, 3.63) is 29.8 Å². The standard InChI is InChI=1S/C15H22N2O3/c1-11(18)17(5)13-9-7-6-8-12(13)14(19)16(4)10-15(2,3)20/h6-9,20H,10H2,1-5H3. The predicted octanol–water partition coefficient (Wildman–Crippen LogP) is 1.51. The number of amides is 2. The summed E-state index contributed by atoms with van der Waals surface area (Å²) in [5.41, 5.74) is 0.0378. The lowest BCUT2D eigenvalue weighted by Gasteiger charge is -2.27. The van der Waals surface area contributed by atoms with Crippen molar-refractivity contribution in [1.82, 2.24) is 4.90 Å². The molecule has 2 amide bonds. The molecular weight excluding hydrogens is 256 g/mol. The molecule has 0 bridgehead atoms. The van der Waals surface area contributed by atoms with E-state index in [1.54, 1.807) is 52.2 Å². The fraction of sp³-hybridized carbons (Fsp3) is 0.467. The Morgan fingerprint density at radius 2 is 1.75 bits per heavy atom. The Labute approximate surface area is 119 Å². The number of hydrogen-bond acceptors (Lipinski definition) is 3. The molecule has 1 aromatic carbocycles. The fourth-order valence-electron chi connectivity index (χ4n) is 1.97. The highest BCUT2D eigenvalue weighted by molar-refractivity contribution is 6.04. The zero-order valence-electron chi connectivity index (χ0n) is 12.7. The van der Waals surface area contributed by atoms with E-state index in [-0.39, 0.29) is 18.4 Å². The Balaban J connectivity index is 3.08. The predicted molar refractivity (Wildman–Crippen MR) is 78.8 cm³/mol. The molecule has 1 rings (SSSR count). The van der Waals surface area contributed by atoms with E-state index in [9.17, 15) is 14.7 Å². The number of carbonyl (C=O) groups excluding carboxylic acids is 2. The van der Waals surface area contributed by atoms with Crippen LogP contribution in [0.4, 0.5) is 5.69 Å². The summed E-state index contributed by atoms with van der Waals surface area (Å²) < 4.78 is 0. The van der Waals surface area contributed by atoms with Gasteiger partial charge in [-0.2, -0.15) is 0 Å². The summed E-state index contributed by atoms with van der Waals surface area (Å²) in [7, 11) is 3.26. The molecule has 0 fully saturated rings. The van der Waals surface area contributed by atoms with Crippen LogP contribution in [0.25, 0.3) is 0 Å².